The van der Waals surface area contributed by atoms with Gasteiger partial charge in [-0.05, 0) is 36.8 Å². The van der Waals surface area contributed by atoms with Crippen LogP contribution in [0, 0.1) is 6.92 Å². The molecule has 6 nitrogen and oxygen atoms in total. The van der Waals surface area contributed by atoms with E-state index in [0.29, 0.717) is 24.7 Å². The second-order valence-electron chi connectivity index (χ2n) is 5.11. The molecule has 1 amide bonds. The first-order valence-corrected chi connectivity index (χ1v) is 7.86. The lowest BCUT2D eigenvalue weighted by molar-refractivity contribution is -0.120. The van der Waals surface area contributed by atoms with Crippen LogP contribution < -0.4 is 15.4 Å². The Labute approximate surface area is 140 Å². The Balaban J connectivity index is 1.50. The van der Waals surface area contributed by atoms with Crippen molar-refractivity contribution in [3.63, 3.8) is 0 Å². The minimum Gasteiger partial charge on any atom is -0.492 e. The van der Waals surface area contributed by atoms with Crippen molar-refractivity contribution in [2.24, 2.45) is 0 Å². The summed E-state index contributed by atoms with van der Waals surface area (Å²) >= 11 is 5.79. The third-order valence-corrected chi connectivity index (χ3v) is 3.32. The Morgan fingerprint density at radius 3 is 2.78 bits per heavy atom. The summed E-state index contributed by atoms with van der Waals surface area (Å²) in [5.74, 6) is 0.678. The Morgan fingerprint density at radius 1 is 1.30 bits per heavy atom. The van der Waals surface area contributed by atoms with E-state index in [-0.39, 0.29) is 12.5 Å². The van der Waals surface area contributed by atoms with Gasteiger partial charge in [-0.2, -0.15) is 5.10 Å². The number of benzene rings is 1. The van der Waals surface area contributed by atoms with Crippen molar-refractivity contribution in [2.45, 2.75) is 13.5 Å². The Bertz CT molecular complexity index is 613. The van der Waals surface area contributed by atoms with E-state index >= 15 is 0 Å². The lowest BCUT2D eigenvalue weighted by atomic mass is 10.3. The third kappa shape index (κ3) is 6.71. The quantitative estimate of drug-likeness (QED) is 0.683. The first-order chi connectivity index (χ1) is 11.1. The van der Waals surface area contributed by atoms with Gasteiger partial charge >= 0.3 is 0 Å². The number of aryl methyl sites for hydroxylation is 1. The molecule has 7 heteroatoms. The number of nitrogens with zero attached hydrogens (tertiary/aromatic N) is 2. The Hall–Kier alpha value is -2.05. The molecule has 0 saturated heterocycles. The number of carbonyl (C=O) groups is 1. The molecule has 0 aliphatic carbocycles. The molecule has 2 rings (SSSR count). The zero-order valence-electron chi connectivity index (χ0n) is 13.1. The molecule has 0 unspecified atom stereocenters. The van der Waals surface area contributed by atoms with E-state index in [4.69, 9.17) is 16.3 Å². The number of rotatable bonds is 9. The fourth-order valence-electron chi connectivity index (χ4n) is 1.94. The number of aromatic nitrogens is 2. The average molecular weight is 337 g/mol. The van der Waals surface area contributed by atoms with Crippen molar-refractivity contribution in [2.75, 3.05) is 26.2 Å². The van der Waals surface area contributed by atoms with E-state index in [0.717, 1.165) is 17.9 Å². The summed E-state index contributed by atoms with van der Waals surface area (Å²) in [4.78, 5) is 11.6. The van der Waals surface area contributed by atoms with Gasteiger partial charge in [0.15, 0.2) is 0 Å². The molecular weight excluding hydrogens is 316 g/mol. The first-order valence-electron chi connectivity index (χ1n) is 7.48. The summed E-state index contributed by atoms with van der Waals surface area (Å²) in [6.07, 6.45) is 3.78. The van der Waals surface area contributed by atoms with Gasteiger partial charge in [0.05, 0.1) is 25.8 Å². The molecule has 0 aliphatic rings. The molecule has 0 atom stereocenters. The van der Waals surface area contributed by atoms with Gasteiger partial charge in [0.1, 0.15) is 12.4 Å². The van der Waals surface area contributed by atoms with Crippen molar-refractivity contribution in [1.29, 1.82) is 0 Å². The minimum absolute atomic E-state index is 0.0543. The predicted octanol–water partition coefficient (Wildman–Crippen LogP) is 1.63. The molecule has 2 N–H and O–H groups in total. The van der Waals surface area contributed by atoms with Crippen LogP contribution in [0.3, 0.4) is 0 Å². The van der Waals surface area contributed by atoms with Crippen LogP contribution in [0.2, 0.25) is 5.02 Å². The van der Waals surface area contributed by atoms with Crippen molar-refractivity contribution in [3.8, 4) is 5.75 Å². The number of hydrogen-bond acceptors (Lipinski definition) is 4. The number of ether oxygens (including phenoxy) is 1. The molecule has 0 aliphatic heterocycles. The summed E-state index contributed by atoms with van der Waals surface area (Å²) in [7, 11) is 0. The maximum absolute atomic E-state index is 11.6. The molecule has 1 aromatic carbocycles. The fraction of sp³-hybridized carbons (Fsp3) is 0.375. The SMILES string of the molecule is Cc1cnn(CCNCC(=O)NCCOc2ccc(Cl)cc2)c1. The number of halogens is 1. The third-order valence-electron chi connectivity index (χ3n) is 3.07. The standard InChI is InChI=1S/C16H21ClN4O2/c1-13-10-20-21(12-13)8-6-18-11-16(22)19-7-9-23-15-4-2-14(17)3-5-15/h2-5,10,12,18H,6-9,11H2,1H3,(H,19,22). The van der Waals surface area contributed by atoms with Crippen molar-refractivity contribution in [3.05, 3.63) is 47.2 Å². The lowest BCUT2D eigenvalue weighted by Gasteiger charge is -2.08. The zero-order valence-corrected chi connectivity index (χ0v) is 13.8. The van der Waals surface area contributed by atoms with Crippen LogP contribution in [-0.4, -0.2) is 41.9 Å². The molecule has 0 spiro atoms. The molecular formula is C16H21ClN4O2. The molecule has 0 radical (unpaired) electrons. The van der Waals surface area contributed by atoms with Gasteiger partial charge in [-0.1, -0.05) is 11.6 Å². The number of amides is 1. The molecule has 2 aromatic rings. The topological polar surface area (TPSA) is 68.2 Å². The number of hydrogen-bond donors (Lipinski definition) is 2. The minimum atomic E-state index is -0.0543. The molecule has 0 bridgehead atoms. The van der Waals surface area contributed by atoms with Crippen LogP contribution in [-0.2, 0) is 11.3 Å². The van der Waals surface area contributed by atoms with Crippen molar-refractivity contribution < 1.29 is 9.53 Å². The first kappa shape index (κ1) is 17.3. The highest BCUT2D eigenvalue weighted by Crippen LogP contribution is 2.14. The second kappa shape index (κ2) is 9.17. The van der Waals surface area contributed by atoms with Crippen LogP contribution in [0.4, 0.5) is 0 Å². The van der Waals surface area contributed by atoms with Crippen LogP contribution in [0.1, 0.15) is 5.56 Å². The monoisotopic (exact) mass is 336 g/mol. The van der Waals surface area contributed by atoms with E-state index in [9.17, 15) is 4.79 Å². The van der Waals surface area contributed by atoms with Crippen LogP contribution in [0.5, 0.6) is 5.75 Å². The fourth-order valence-corrected chi connectivity index (χ4v) is 2.06. The number of nitrogens with one attached hydrogen (secondary N) is 2. The Morgan fingerprint density at radius 2 is 2.09 bits per heavy atom. The van der Waals surface area contributed by atoms with Crippen LogP contribution in [0.25, 0.3) is 0 Å². The van der Waals surface area contributed by atoms with E-state index in [1.54, 1.807) is 24.3 Å². The smallest absolute Gasteiger partial charge is 0.234 e. The molecule has 23 heavy (non-hydrogen) atoms. The Kier molecular flexibility index (Phi) is 6.90. The summed E-state index contributed by atoms with van der Waals surface area (Å²) in [5, 5.41) is 10.7. The lowest BCUT2D eigenvalue weighted by Crippen LogP contribution is -2.37. The summed E-state index contributed by atoms with van der Waals surface area (Å²) in [6.45, 7) is 4.58. The maximum atomic E-state index is 11.6. The molecule has 1 aromatic heterocycles. The van der Waals surface area contributed by atoms with Crippen molar-refractivity contribution >= 4 is 17.5 Å². The van der Waals surface area contributed by atoms with Crippen LogP contribution in [0.15, 0.2) is 36.7 Å². The summed E-state index contributed by atoms with van der Waals surface area (Å²) in [5.41, 5.74) is 1.13. The highest BCUT2D eigenvalue weighted by atomic mass is 35.5. The second-order valence-corrected chi connectivity index (χ2v) is 5.55. The van der Waals surface area contributed by atoms with E-state index in [2.05, 4.69) is 15.7 Å². The average Bonchev–Trinajstić information content (AvgIpc) is 2.95. The van der Waals surface area contributed by atoms with E-state index in [1.165, 1.54) is 0 Å². The van der Waals surface area contributed by atoms with Gasteiger partial charge < -0.3 is 15.4 Å². The molecule has 0 fully saturated rings. The summed E-state index contributed by atoms with van der Waals surface area (Å²) < 4.78 is 7.34. The van der Waals surface area contributed by atoms with Gasteiger partial charge in [0.2, 0.25) is 5.91 Å². The van der Waals surface area contributed by atoms with Gasteiger partial charge in [0, 0.05) is 17.8 Å². The number of carbonyl (C=O) groups excluding carboxylic acids is 1. The van der Waals surface area contributed by atoms with Crippen molar-refractivity contribution in [1.82, 2.24) is 20.4 Å². The zero-order chi connectivity index (χ0) is 16.5. The highest BCUT2D eigenvalue weighted by Gasteiger charge is 2.01. The van der Waals surface area contributed by atoms with Gasteiger partial charge in [-0.15, -0.1) is 0 Å². The van der Waals surface area contributed by atoms with Gasteiger partial charge in [-0.3, -0.25) is 9.48 Å². The van der Waals surface area contributed by atoms with Crippen LogP contribution >= 0.6 is 11.6 Å². The molecule has 1 heterocycles. The predicted molar refractivity (Wildman–Crippen MR) is 89.8 cm³/mol. The largest absolute Gasteiger partial charge is 0.492 e. The molecule has 0 saturated carbocycles. The van der Waals surface area contributed by atoms with Gasteiger partial charge in [-0.25, -0.2) is 0 Å². The summed E-state index contributed by atoms with van der Waals surface area (Å²) in [6, 6.07) is 7.12. The van der Waals surface area contributed by atoms with Gasteiger partial charge in [0.25, 0.3) is 0 Å². The highest BCUT2D eigenvalue weighted by molar-refractivity contribution is 6.30. The van der Waals surface area contributed by atoms with E-state index < -0.39 is 0 Å². The normalized spacial score (nSPS) is 10.5. The van der Waals surface area contributed by atoms with E-state index in [1.807, 2.05) is 24.0 Å². The molecule has 124 valence electrons. The maximum Gasteiger partial charge on any atom is 0.234 e.